The van der Waals surface area contributed by atoms with Gasteiger partial charge in [-0.3, -0.25) is 0 Å². The standard InChI is InChI=1S/C67H45N3/c1-5-22-46(23-6-1)52-30-15-19-37-62(52)68(47-24-7-2-8-25-47)50-41-43-60-57(44-50)53-31-13-17-34-58(53)67(60)59-35-18-14-33-56(59)66-61(67)36-21-39-64(66)69(48-26-9-3-10-27-48)51-40-42-55-54-32-16-20-38-63(54)70(65(55)45-51)49-28-11-4-12-29-49/h1-45H. The number of para-hydroxylation sites is 5. The van der Waals surface area contributed by atoms with Crippen LogP contribution in [0.15, 0.2) is 273 Å². The van der Waals surface area contributed by atoms with Crippen molar-refractivity contribution < 1.29 is 0 Å². The van der Waals surface area contributed by atoms with Gasteiger partial charge in [-0.1, -0.05) is 194 Å². The summed E-state index contributed by atoms with van der Waals surface area (Å²) >= 11 is 0. The van der Waals surface area contributed by atoms with Gasteiger partial charge in [-0.15, -0.1) is 0 Å². The SMILES string of the molecule is c1ccc(-c2ccccc2N(c2ccccc2)c2ccc3c(c2)-c2ccccc2C32c3ccccc3-c3c(N(c4ccccc4)c4ccc5c6ccccc6n(-c6ccccc6)c5c4)cccc32)cc1. The van der Waals surface area contributed by atoms with E-state index in [1.807, 2.05) is 0 Å². The number of nitrogens with zero attached hydrogens (tertiary/aromatic N) is 3. The molecule has 2 aliphatic rings. The van der Waals surface area contributed by atoms with E-state index in [9.17, 15) is 0 Å². The monoisotopic (exact) mass is 891 g/mol. The predicted molar refractivity (Wildman–Crippen MR) is 292 cm³/mol. The zero-order valence-corrected chi connectivity index (χ0v) is 38.3. The van der Waals surface area contributed by atoms with Gasteiger partial charge in [-0.2, -0.15) is 0 Å². The summed E-state index contributed by atoms with van der Waals surface area (Å²) in [6.45, 7) is 0. The molecule has 70 heavy (non-hydrogen) atoms. The Kier molecular flexibility index (Phi) is 9.11. The third-order valence-corrected chi connectivity index (χ3v) is 14.8. The summed E-state index contributed by atoms with van der Waals surface area (Å²) in [5.74, 6) is 0. The van der Waals surface area contributed by atoms with E-state index in [1.165, 1.54) is 77.4 Å². The van der Waals surface area contributed by atoms with Crippen molar-refractivity contribution in [1.82, 2.24) is 4.57 Å². The molecule has 3 nitrogen and oxygen atoms in total. The number of aromatic nitrogens is 1. The van der Waals surface area contributed by atoms with Crippen LogP contribution in [0.3, 0.4) is 0 Å². The molecule has 1 unspecified atom stereocenters. The molecule has 11 aromatic carbocycles. The van der Waals surface area contributed by atoms with Crippen molar-refractivity contribution in [2.24, 2.45) is 0 Å². The summed E-state index contributed by atoms with van der Waals surface area (Å²) in [6, 6.07) is 100. The van der Waals surface area contributed by atoms with Crippen LogP contribution in [0.5, 0.6) is 0 Å². The first kappa shape index (κ1) is 39.9. The number of hydrogen-bond acceptors (Lipinski definition) is 2. The number of hydrogen-bond donors (Lipinski definition) is 0. The molecule has 0 amide bonds. The van der Waals surface area contributed by atoms with Crippen molar-refractivity contribution >= 4 is 55.9 Å². The highest BCUT2D eigenvalue weighted by Crippen LogP contribution is 2.65. The summed E-state index contributed by atoms with van der Waals surface area (Å²) in [6.07, 6.45) is 0. The minimum absolute atomic E-state index is 0.558. The fourth-order valence-electron chi connectivity index (χ4n) is 12.0. The van der Waals surface area contributed by atoms with Crippen molar-refractivity contribution in [2.45, 2.75) is 5.41 Å². The van der Waals surface area contributed by atoms with Gasteiger partial charge < -0.3 is 14.4 Å². The van der Waals surface area contributed by atoms with Crippen LogP contribution in [0, 0.1) is 0 Å². The van der Waals surface area contributed by atoms with Gasteiger partial charge in [-0.05, 0) is 123 Å². The van der Waals surface area contributed by atoms with Gasteiger partial charge in [0.2, 0.25) is 0 Å². The van der Waals surface area contributed by atoms with Crippen molar-refractivity contribution in [3.8, 4) is 39.1 Å². The molecular formula is C67H45N3. The van der Waals surface area contributed by atoms with E-state index < -0.39 is 5.41 Å². The van der Waals surface area contributed by atoms with Gasteiger partial charge in [0.15, 0.2) is 0 Å². The van der Waals surface area contributed by atoms with Crippen LogP contribution in [0.2, 0.25) is 0 Å². The first-order chi connectivity index (χ1) is 34.8. The molecule has 0 aliphatic heterocycles. The summed E-state index contributed by atoms with van der Waals surface area (Å²) in [5.41, 5.74) is 22.2. The quantitative estimate of drug-likeness (QED) is 0.151. The van der Waals surface area contributed by atoms with E-state index >= 15 is 0 Å². The second-order valence-corrected chi connectivity index (χ2v) is 18.4. The Morgan fingerprint density at radius 1 is 0.286 bits per heavy atom. The molecule has 328 valence electrons. The summed E-state index contributed by atoms with van der Waals surface area (Å²) in [4.78, 5) is 4.91. The van der Waals surface area contributed by atoms with E-state index in [4.69, 9.17) is 0 Å². The fourth-order valence-corrected chi connectivity index (χ4v) is 12.0. The average Bonchev–Trinajstić information content (AvgIpc) is 4.04. The average molecular weight is 892 g/mol. The number of benzene rings is 11. The Hall–Kier alpha value is -9.18. The third kappa shape index (κ3) is 5.88. The molecule has 0 radical (unpaired) electrons. The van der Waals surface area contributed by atoms with Gasteiger partial charge in [0.25, 0.3) is 0 Å². The van der Waals surface area contributed by atoms with Crippen molar-refractivity contribution in [2.75, 3.05) is 9.80 Å². The fraction of sp³-hybridized carbons (Fsp3) is 0.0149. The van der Waals surface area contributed by atoms with Gasteiger partial charge in [0.1, 0.15) is 0 Å². The topological polar surface area (TPSA) is 11.4 Å². The lowest BCUT2D eigenvalue weighted by Crippen LogP contribution is -2.26. The highest BCUT2D eigenvalue weighted by atomic mass is 15.2. The Morgan fingerprint density at radius 2 is 0.786 bits per heavy atom. The molecule has 1 aromatic heterocycles. The Balaban J connectivity index is 0.998. The van der Waals surface area contributed by atoms with E-state index in [0.29, 0.717) is 0 Å². The highest BCUT2D eigenvalue weighted by Gasteiger charge is 2.52. The molecule has 14 rings (SSSR count). The van der Waals surface area contributed by atoms with Crippen LogP contribution in [0.1, 0.15) is 22.3 Å². The largest absolute Gasteiger partial charge is 0.310 e. The van der Waals surface area contributed by atoms with Crippen molar-refractivity contribution in [3.05, 3.63) is 295 Å². The molecule has 1 heterocycles. The molecule has 2 aliphatic carbocycles. The van der Waals surface area contributed by atoms with E-state index in [1.54, 1.807) is 0 Å². The molecule has 1 spiro atoms. The zero-order chi connectivity index (χ0) is 46.2. The maximum absolute atomic E-state index is 2.48. The third-order valence-electron chi connectivity index (χ3n) is 14.8. The van der Waals surface area contributed by atoms with E-state index in [2.05, 4.69) is 287 Å². The van der Waals surface area contributed by atoms with Crippen LogP contribution >= 0.6 is 0 Å². The first-order valence-electron chi connectivity index (χ1n) is 24.2. The smallest absolute Gasteiger partial charge is 0.0726 e. The van der Waals surface area contributed by atoms with Crippen LogP contribution in [0.4, 0.5) is 34.1 Å². The van der Waals surface area contributed by atoms with Gasteiger partial charge in [0.05, 0.1) is 27.8 Å². The van der Waals surface area contributed by atoms with Crippen molar-refractivity contribution in [3.63, 3.8) is 0 Å². The van der Waals surface area contributed by atoms with Crippen LogP contribution < -0.4 is 9.80 Å². The molecular weight excluding hydrogens is 847 g/mol. The zero-order valence-electron chi connectivity index (χ0n) is 38.3. The minimum Gasteiger partial charge on any atom is -0.310 e. The molecule has 1 atom stereocenters. The maximum Gasteiger partial charge on any atom is 0.0726 e. The van der Waals surface area contributed by atoms with Gasteiger partial charge in [0, 0.05) is 50.3 Å². The lowest BCUT2D eigenvalue weighted by Gasteiger charge is -2.32. The molecule has 0 N–H and O–H groups in total. The van der Waals surface area contributed by atoms with E-state index in [-0.39, 0.29) is 0 Å². The lowest BCUT2D eigenvalue weighted by molar-refractivity contribution is 0.793. The second-order valence-electron chi connectivity index (χ2n) is 18.4. The molecule has 0 saturated carbocycles. The van der Waals surface area contributed by atoms with Gasteiger partial charge in [-0.25, -0.2) is 0 Å². The molecule has 3 heteroatoms. The highest BCUT2D eigenvalue weighted by molar-refractivity contribution is 6.11. The minimum atomic E-state index is -0.558. The first-order valence-corrected chi connectivity index (χ1v) is 24.2. The number of rotatable bonds is 8. The molecule has 0 fully saturated rings. The second kappa shape index (κ2) is 16.0. The number of fused-ring (bicyclic) bond motifs is 13. The lowest BCUT2D eigenvalue weighted by atomic mass is 9.70. The number of anilines is 6. The summed E-state index contributed by atoms with van der Waals surface area (Å²) in [7, 11) is 0. The molecule has 0 bridgehead atoms. The van der Waals surface area contributed by atoms with Crippen LogP contribution in [-0.4, -0.2) is 4.57 Å². The van der Waals surface area contributed by atoms with Crippen LogP contribution in [0.25, 0.3) is 60.9 Å². The maximum atomic E-state index is 2.48. The molecule has 0 saturated heterocycles. The summed E-state index contributed by atoms with van der Waals surface area (Å²) < 4.78 is 2.41. The predicted octanol–water partition coefficient (Wildman–Crippen LogP) is 17.7. The normalized spacial score (nSPS) is 14.1. The Morgan fingerprint density at radius 3 is 1.53 bits per heavy atom. The summed E-state index contributed by atoms with van der Waals surface area (Å²) in [5, 5.41) is 2.47. The Bertz CT molecular complexity index is 3950. The Labute approximate surface area is 408 Å². The molecule has 12 aromatic rings. The van der Waals surface area contributed by atoms with E-state index in [0.717, 1.165) is 39.8 Å². The van der Waals surface area contributed by atoms with Crippen LogP contribution in [-0.2, 0) is 5.41 Å². The van der Waals surface area contributed by atoms with Gasteiger partial charge >= 0.3 is 0 Å². The van der Waals surface area contributed by atoms with Crippen molar-refractivity contribution in [1.29, 1.82) is 0 Å².